The van der Waals surface area contributed by atoms with E-state index in [-0.39, 0.29) is 33.7 Å². The van der Waals surface area contributed by atoms with Crippen molar-refractivity contribution in [1.82, 2.24) is 9.97 Å². The average Bonchev–Trinajstić information content (AvgIpc) is 2.69. The summed E-state index contributed by atoms with van der Waals surface area (Å²) in [4.78, 5) is 32.3. The van der Waals surface area contributed by atoms with Gasteiger partial charge in [-0.3, -0.25) is 9.78 Å². The van der Waals surface area contributed by atoms with Crippen molar-refractivity contribution in [3.63, 3.8) is 0 Å². The van der Waals surface area contributed by atoms with Crippen LogP contribution in [0.15, 0.2) is 76.3 Å². The molecular formula is C20H12N2O5. The maximum atomic E-state index is 12.2. The molecule has 0 unspecified atom stereocenters. The van der Waals surface area contributed by atoms with Crippen molar-refractivity contribution in [2.24, 2.45) is 0 Å². The smallest absolute Gasteiger partial charge is 0.345 e. The second-order valence-corrected chi connectivity index (χ2v) is 5.64. The summed E-state index contributed by atoms with van der Waals surface area (Å²) in [5.41, 5.74) is 0.588. The number of rotatable bonds is 3. The lowest BCUT2D eigenvalue weighted by molar-refractivity contribution is 0.0733. The lowest BCUT2D eigenvalue weighted by Gasteiger charge is -2.06. The van der Waals surface area contributed by atoms with Crippen molar-refractivity contribution in [2.75, 3.05) is 0 Å². The molecule has 4 rings (SSSR count). The van der Waals surface area contributed by atoms with Gasteiger partial charge >= 0.3 is 5.97 Å². The molecule has 1 aromatic carbocycles. The zero-order valence-corrected chi connectivity index (χ0v) is 13.8. The van der Waals surface area contributed by atoms with Crippen LogP contribution in [0.3, 0.4) is 0 Å². The molecule has 0 aliphatic rings. The number of fused-ring (bicyclic) bond motifs is 1. The number of esters is 1. The minimum Gasteiger partial charge on any atom is -0.507 e. The van der Waals surface area contributed by atoms with Gasteiger partial charge in [-0.15, -0.1) is 0 Å². The molecule has 132 valence electrons. The number of aromatic hydroxyl groups is 1. The summed E-state index contributed by atoms with van der Waals surface area (Å²) in [5.74, 6) is -0.208. The third kappa shape index (κ3) is 3.25. The van der Waals surface area contributed by atoms with Gasteiger partial charge in [0.05, 0.1) is 11.8 Å². The third-order valence-corrected chi connectivity index (χ3v) is 3.83. The number of phenols is 1. The Bertz CT molecular complexity index is 1180. The first kappa shape index (κ1) is 16.5. The summed E-state index contributed by atoms with van der Waals surface area (Å²) >= 11 is 0. The quantitative estimate of drug-likeness (QED) is 0.560. The lowest BCUT2D eigenvalue weighted by Crippen LogP contribution is -2.08. The first-order chi connectivity index (χ1) is 13.1. The molecule has 0 aliphatic carbocycles. The first-order valence-electron chi connectivity index (χ1n) is 7.96. The SMILES string of the molecule is O=C(Oc1ccc(-c2cc(=O)c3c(O)cccc3o2)nc1)c1cccnc1. The van der Waals surface area contributed by atoms with E-state index in [2.05, 4.69) is 9.97 Å². The van der Waals surface area contributed by atoms with Gasteiger partial charge in [-0.25, -0.2) is 9.78 Å². The molecule has 0 fully saturated rings. The predicted molar refractivity (Wildman–Crippen MR) is 96.6 cm³/mol. The van der Waals surface area contributed by atoms with Crippen LogP contribution >= 0.6 is 0 Å². The Morgan fingerprint density at radius 3 is 2.70 bits per heavy atom. The standard InChI is InChI=1S/C20H12N2O5/c23-15-4-1-5-17-19(15)16(24)9-18(27-17)14-7-6-13(11-22-14)26-20(25)12-3-2-8-21-10-12/h1-11,23H. The molecule has 0 spiro atoms. The van der Waals surface area contributed by atoms with E-state index < -0.39 is 5.97 Å². The summed E-state index contributed by atoms with van der Waals surface area (Å²) < 4.78 is 10.9. The van der Waals surface area contributed by atoms with Crippen molar-refractivity contribution in [3.05, 3.63) is 82.9 Å². The van der Waals surface area contributed by atoms with E-state index in [1.165, 1.54) is 24.5 Å². The minimum atomic E-state index is -0.551. The summed E-state index contributed by atoms with van der Waals surface area (Å²) in [6.07, 6.45) is 4.32. The van der Waals surface area contributed by atoms with E-state index in [4.69, 9.17) is 9.15 Å². The normalized spacial score (nSPS) is 10.7. The monoisotopic (exact) mass is 360 g/mol. The molecule has 0 amide bonds. The van der Waals surface area contributed by atoms with Crippen LogP contribution in [0.5, 0.6) is 11.5 Å². The maximum absolute atomic E-state index is 12.2. The minimum absolute atomic E-state index is 0.114. The summed E-state index contributed by atoms with van der Waals surface area (Å²) in [6, 6.07) is 12.2. The molecule has 1 N–H and O–H groups in total. The number of carbonyl (C=O) groups excluding carboxylic acids is 1. The molecule has 27 heavy (non-hydrogen) atoms. The Morgan fingerprint density at radius 1 is 1.07 bits per heavy atom. The van der Waals surface area contributed by atoms with Crippen molar-refractivity contribution < 1.29 is 19.1 Å². The maximum Gasteiger partial charge on any atom is 0.345 e. The molecule has 3 aromatic heterocycles. The van der Waals surface area contributed by atoms with Gasteiger partial charge < -0.3 is 14.3 Å². The van der Waals surface area contributed by atoms with Gasteiger partial charge in [0.15, 0.2) is 11.2 Å². The zero-order valence-electron chi connectivity index (χ0n) is 13.8. The molecule has 0 aliphatic heterocycles. The topological polar surface area (TPSA) is 103 Å². The number of phenolic OH excluding ortho intramolecular Hbond substituents is 1. The summed E-state index contributed by atoms with van der Waals surface area (Å²) in [6.45, 7) is 0. The Balaban J connectivity index is 1.62. The highest BCUT2D eigenvalue weighted by molar-refractivity contribution is 5.90. The Labute approximate surface area is 152 Å². The molecule has 7 heteroatoms. The molecule has 0 bridgehead atoms. The number of hydrogen-bond donors (Lipinski definition) is 1. The van der Waals surface area contributed by atoms with Crippen LogP contribution in [0.2, 0.25) is 0 Å². The molecule has 0 radical (unpaired) electrons. The number of carbonyl (C=O) groups is 1. The van der Waals surface area contributed by atoms with E-state index in [1.54, 1.807) is 42.6 Å². The fraction of sp³-hybridized carbons (Fsp3) is 0. The van der Waals surface area contributed by atoms with E-state index in [9.17, 15) is 14.7 Å². The number of pyridine rings is 2. The molecule has 3 heterocycles. The average molecular weight is 360 g/mol. The van der Waals surface area contributed by atoms with E-state index in [0.717, 1.165) is 0 Å². The van der Waals surface area contributed by atoms with Crippen LogP contribution in [0.4, 0.5) is 0 Å². The van der Waals surface area contributed by atoms with Crippen molar-refractivity contribution in [2.45, 2.75) is 0 Å². The third-order valence-electron chi connectivity index (χ3n) is 3.83. The Morgan fingerprint density at radius 2 is 1.96 bits per heavy atom. The Hall–Kier alpha value is -4.00. The lowest BCUT2D eigenvalue weighted by atomic mass is 10.2. The summed E-state index contributed by atoms with van der Waals surface area (Å²) in [7, 11) is 0. The fourth-order valence-electron chi connectivity index (χ4n) is 2.55. The second-order valence-electron chi connectivity index (χ2n) is 5.64. The van der Waals surface area contributed by atoms with Gasteiger partial charge in [0, 0.05) is 18.5 Å². The van der Waals surface area contributed by atoms with Gasteiger partial charge in [-0.2, -0.15) is 0 Å². The van der Waals surface area contributed by atoms with Gasteiger partial charge in [0.2, 0.25) is 0 Å². The van der Waals surface area contributed by atoms with Gasteiger partial charge in [0.1, 0.15) is 28.2 Å². The van der Waals surface area contributed by atoms with Crippen LogP contribution in [-0.4, -0.2) is 21.0 Å². The van der Waals surface area contributed by atoms with Crippen LogP contribution in [0.1, 0.15) is 10.4 Å². The van der Waals surface area contributed by atoms with Crippen molar-refractivity contribution in [1.29, 1.82) is 0 Å². The van der Waals surface area contributed by atoms with Gasteiger partial charge in [-0.05, 0) is 36.4 Å². The van der Waals surface area contributed by atoms with Gasteiger partial charge in [0.25, 0.3) is 0 Å². The highest BCUT2D eigenvalue weighted by Gasteiger charge is 2.12. The number of ether oxygens (including phenoxy) is 1. The number of aromatic nitrogens is 2. The van der Waals surface area contributed by atoms with Crippen LogP contribution < -0.4 is 10.2 Å². The van der Waals surface area contributed by atoms with E-state index >= 15 is 0 Å². The molecule has 0 atom stereocenters. The number of benzene rings is 1. The van der Waals surface area contributed by atoms with Crippen LogP contribution in [-0.2, 0) is 0 Å². The fourth-order valence-corrected chi connectivity index (χ4v) is 2.55. The predicted octanol–water partition coefficient (Wildman–Crippen LogP) is 3.17. The van der Waals surface area contributed by atoms with Crippen LogP contribution in [0, 0.1) is 0 Å². The zero-order chi connectivity index (χ0) is 18.8. The molecule has 0 saturated heterocycles. The first-order valence-corrected chi connectivity index (χ1v) is 7.96. The van der Waals surface area contributed by atoms with Crippen LogP contribution in [0.25, 0.3) is 22.4 Å². The molecule has 4 aromatic rings. The largest absolute Gasteiger partial charge is 0.507 e. The highest BCUT2D eigenvalue weighted by atomic mass is 16.5. The van der Waals surface area contributed by atoms with Gasteiger partial charge in [-0.1, -0.05) is 6.07 Å². The number of nitrogens with zero attached hydrogens (tertiary/aromatic N) is 2. The van der Waals surface area contributed by atoms with E-state index in [0.29, 0.717) is 11.3 Å². The van der Waals surface area contributed by atoms with E-state index in [1.807, 2.05) is 0 Å². The molecule has 7 nitrogen and oxygen atoms in total. The second kappa shape index (κ2) is 6.72. The van der Waals surface area contributed by atoms with Crippen molar-refractivity contribution in [3.8, 4) is 23.0 Å². The highest BCUT2D eigenvalue weighted by Crippen LogP contribution is 2.26. The molecule has 0 saturated carbocycles. The Kier molecular flexibility index (Phi) is 4.10. The van der Waals surface area contributed by atoms with Crippen molar-refractivity contribution >= 4 is 16.9 Å². The number of hydrogen-bond acceptors (Lipinski definition) is 7. The summed E-state index contributed by atoms with van der Waals surface area (Å²) in [5, 5.41) is 9.91. The molecular weight excluding hydrogens is 348 g/mol.